The van der Waals surface area contributed by atoms with Crippen LogP contribution in [0.3, 0.4) is 0 Å². The molecule has 3 aromatic rings. The van der Waals surface area contributed by atoms with Crippen molar-refractivity contribution in [3.05, 3.63) is 61.9 Å². The molecule has 0 amide bonds. The summed E-state index contributed by atoms with van der Waals surface area (Å²) in [5.41, 5.74) is 3.79. The smallest absolute Gasteiger partial charge is 0.301 e. The molecule has 0 radical (unpaired) electrons. The highest BCUT2D eigenvalue weighted by molar-refractivity contribution is 6.13. The Bertz CT molecular complexity index is 1450. The molecule has 0 atom stereocenters. The minimum Gasteiger partial charge on any atom is -0.487 e. The molecular formula is C26H28N4O9. The maximum Gasteiger partial charge on any atom is 0.301 e. The van der Waals surface area contributed by atoms with E-state index in [9.17, 15) is 20.2 Å². The highest BCUT2D eigenvalue weighted by Crippen LogP contribution is 2.43. The fourth-order valence-electron chi connectivity index (χ4n) is 4.71. The fourth-order valence-corrected chi connectivity index (χ4v) is 4.71. The maximum absolute atomic E-state index is 11.6. The van der Waals surface area contributed by atoms with Gasteiger partial charge in [0.1, 0.15) is 30.2 Å². The summed E-state index contributed by atoms with van der Waals surface area (Å²) in [5.74, 6) is 1.78. The van der Waals surface area contributed by atoms with Gasteiger partial charge >= 0.3 is 5.69 Å². The number of rotatable bonds is 4. The van der Waals surface area contributed by atoms with Crippen molar-refractivity contribution in [2.24, 2.45) is 10.5 Å². The highest BCUT2D eigenvalue weighted by atomic mass is 16.6. The number of fused-ring (bicyclic) bond motifs is 4. The lowest BCUT2D eigenvalue weighted by Crippen LogP contribution is -2.27. The topological polar surface area (TPSA) is 161 Å². The number of benzene rings is 2. The number of nitrogens with zero attached hydrogens (tertiary/aromatic N) is 3. The zero-order valence-corrected chi connectivity index (χ0v) is 21.6. The van der Waals surface area contributed by atoms with Gasteiger partial charge in [0, 0.05) is 29.5 Å². The summed E-state index contributed by atoms with van der Waals surface area (Å²) in [6, 6.07) is 7.01. The van der Waals surface area contributed by atoms with Crippen LogP contribution in [0.15, 0.2) is 39.9 Å². The monoisotopic (exact) mass is 540 g/mol. The minimum atomic E-state index is -0.683. The number of nitro benzene ring substituents is 2. The van der Waals surface area contributed by atoms with Gasteiger partial charge in [-0.05, 0) is 24.0 Å². The van der Waals surface area contributed by atoms with E-state index < -0.39 is 15.5 Å². The van der Waals surface area contributed by atoms with Gasteiger partial charge < -0.3 is 23.4 Å². The van der Waals surface area contributed by atoms with E-state index in [0.29, 0.717) is 75.3 Å². The van der Waals surface area contributed by atoms with Crippen molar-refractivity contribution >= 4 is 33.7 Å². The molecule has 13 heteroatoms. The van der Waals surface area contributed by atoms with Crippen molar-refractivity contribution in [1.29, 1.82) is 0 Å². The lowest BCUT2D eigenvalue weighted by molar-refractivity contribution is -0.393. The Morgan fingerprint density at radius 2 is 1.54 bits per heavy atom. The molecule has 1 aliphatic carbocycles. The third-order valence-electron chi connectivity index (χ3n) is 6.44. The summed E-state index contributed by atoms with van der Waals surface area (Å²) in [6.45, 7) is 6.56. The first-order valence-corrected chi connectivity index (χ1v) is 12.5. The second-order valence-corrected chi connectivity index (χ2v) is 10.0. The van der Waals surface area contributed by atoms with Crippen LogP contribution in [0.1, 0.15) is 31.6 Å². The quantitative estimate of drug-likeness (QED) is 0.358. The molecule has 0 bridgehead atoms. The lowest BCUT2D eigenvalue weighted by Gasteiger charge is -2.29. The summed E-state index contributed by atoms with van der Waals surface area (Å²) in [6.07, 6.45) is 1.21. The predicted molar refractivity (Wildman–Crippen MR) is 141 cm³/mol. The molecule has 0 saturated carbocycles. The van der Waals surface area contributed by atoms with E-state index in [1.165, 1.54) is 12.1 Å². The van der Waals surface area contributed by atoms with E-state index in [0.717, 1.165) is 22.8 Å². The van der Waals surface area contributed by atoms with E-state index in [1.807, 2.05) is 6.07 Å². The third-order valence-corrected chi connectivity index (χ3v) is 6.44. The van der Waals surface area contributed by atoms with Gasteiger partial charge in [-0.25, -0.2) is 0 Å². The molecule has 206 valence electrons. The van der Waals surface area contributed by atoms with Crippen molar-refractivity contribution in [3.8, 4) is 11.5 Å². The van der Waals surface area contributed by atoms with E-state index in [2.05, 4.69) is 24.4 Å². The van der Waals surface area contributed by atoms with E-state index in [1.54, 1.807) is 6.07 Å². The van der Waals surface area contributed by atoms with Crippen LogP contribution in [0.4, 0.5) is 17.1 Å². The van der Waals surface area contributed by atoms with E-state index in [4.69, 9.17) is 23.4 Å². The van der Waals surface area contributed by atoms with Gasteiger partial charge in [-0.3, -0.25) is 25.7 Å². The maximum atomic E-state index is 11.6. The summed E-state index contributed by atoms with van der Waals surface area (Å²) in [7, 11) is 0. The zero-order valence-electron chi connectivity index (χ0n) is 21.6. The standard InChI is InChI=1S/C26H28N4O9/c1-26(2)14-19(28-27-18-4-3-16(29(31)32)11-20(18)30(33)34)25-17-12-22-23(13-21(17)39-24(25)15-26)38-10-8-36-6-5-35-7-9-37-22/h3-4,11-13,27H,5-10,14-15H2,1-2H3/b28-19-. The van der Waals surface area contributed by atoms with Gasteiger partial charge in [0.2, 0.25) is 0 Å². The minimum absolute atomic E-state index is 0.0409. The highest BCUT2D eigenvalue weighted by Gasteiger charge is 2.35. The first-order valence-electron chi connectivity index (χ1n) is 12.5. The zero-order chi connectivity index (χ0) is 27.6. The van der Waals surface area contributed by atoms with Crippen molar-refractivity contribution in [2.45, 2.75) is 26.7 Å². The Labute approximate surface area is 223 Å². The number of hydrogen-bond donors (Lipinski definition) is 1. The molecule has 0 fully saturated rings. The number of hydrazone groups is 1. The average Bonchev–Trinajstić information content (AvgIpc) is 3.22. The number of ether oxygens (including phenoxy) is 4. The predicted octanol–water partition coefficient (Wildman–Crippen LogP) is 4.84. The molecule has 1 aliphatic heterocycles. The number of furan rings is 1. The Morgan fingerprint density at radius 3 is 2.21 bits per heavy atom. The molecule has 1 aromatic heterocycles. The van der Waals surface area contributed by atoms with Crippen molar-refractivity contribution in [1.82, 2.24) is 0 Å². The molecule has 2 heterocycles. The SMILES string of the molecule is CC1(C)C/C(=N/Nc2ccc([N+](=O)[O-])cc2[N+](=O)[O-])c2c(oc3cc4c(cc23)OCCOCCOCCO4)C1. The van der Waals surface area contributed by atoms with Crippen LogP contribution >= 0.6 is 0 Å². The second-order valence-electron chi connectivity index (χ2n) is 10.0. The van der Waals surface area contributed by atoms with Crippen molar-refractivity contribution in [3.63, 3.8) is 0 Å². The van der Waals surface area contributed by atoms with Crippen molar-refractivity contribution < 1.29 is 33.2 Å². The van der Waals surface area contributed by atoms with Crippen LogP contribution in [-0.4, -0.2) is 55.2 Å². The number of nitrogens with one attached hydrogen (secondary N) is 1. The summed E-state index contributed by atoms with van der Waals surface area (Å²) in [4.78, 5) is 21.3. The molecule has 0 saturated heterocycles. The number of hydrogen-bond acceptors (Lipinski definition) is 11. The van der Waals surface area contributed by atoms with E-state index in [-0.39, 0.29) is 16.8 Å². The molecule has 39 heavy (non-hydrogen) atoms. The average molecular weight is 541 g/mol. The van der Waals surface area contributed by atoms with Crippen LogP contribution < -0.4 is 14.9 Å². The largest absolute Gasteiger partial charge is 0.487 e. The summed E-state index contributed by atoms with van der Waals surface area (Å²) >= 11 is 0. The van der Waals surface area contributed by atoms with Crippen LogP contribution in [-0.2, 0) is 15.9 Å². The molecule has 2 aromatic carbocycles. The van der Waals surface area contributed by atoms with Gasteiger partial charge in [0.25, 0.3) is 5.69 Å². The van der Waals surface area contributed by atoms with Gasteiger partial charge in [-0.2, -0.15) is 5.10 Å². The lowest BCUT2D eigenvalue weighted by atomic mass is 9.75. The molecule has 2 aliphatic rings. The van der Waals surface area contributed by atoms with Gasteiger partial charge in [-0.1, -0.05) is 13.8 Å². The number of non-ortho nitro benzene ring substituents is 1. The fraction of sp³-hybridized carbons (Fsp3) is 0.423. The Hall–Kier alpha value is -4.23. The first-order chi connectivity index (χ1) is 18.7. The van der Waals surface area contributed by atoms with Crippen LogP contribution in [0.2, 0.25) is 0 Å². The van der Waals surface area contributed by atoms with E-state index >= 15 is 0 Å². The van der Waals surface area contributed by atoms with Crippen molar-refractivity contribution in [2.75, 3.05) is 45.1 Å². The Morgan fingerprint density at radius 1 is 0.872 bits per heavy atom. The number of nitro groups is 2. The third kappa shape index (κ3) is 5.78. The molecule has 0 unspecified atom stereocenters. The Balaban J connectivity index is 1.55. The van der Waals surface area contributed by atoms with Crippen LogP contribution in [0.5, 0.6) is 11.5 Å². The van der Waals surface area contributed by atoms with Gasteiger partial charge in [0.05, 0.1) is 48.1 Å². The molecular weight excluding hydrogens is 512 g/mol. The summed E-state index contributed by atoms with van der Waals surface area (Å²) < 4.78 is 29.2. The van der Waals surface area contributed by atoms with Crippen LogP contribution in [0, 0.1) is 25.6 Å². The molecule has 13 nitrogen and oxygen atoms in total. The van der Waals surface area contributed by atoms with Gasteiger partial charge in [0.15, 0.2) is 11.5 Å². The second kappa shape index (κ2) is 10.9. The number of anilines is 1. The molecule has 5 rings (SSSR count). The van der Waals surface area contributed by atoms with Crippen LogP contribution in [0.25, 0.3) is 11.0 Å². The molecule has 0 spiro atoms. The normalized spacial score (nSPS) is 18.6. The first kappa shape index (κ1) is 26.4. The van der Waals surface area contributed by atoms with Gasteiger partial charge in [-0.15, -0.1) is 0 Å². The summed E-state index contributed by atoms with van der Waals surface area (Å²) in [5, 5.41) is 28.0. The molecule has 1 N–H and O–H groups in total. The Kier molecular flexibility index (Phi) is 7.35.